The number of aromatic nitrogens is 1. The molecule has 0 saturated carbocycles. The van der Waals surface area contributed by atoms with Crippen molar-refractivity contribution in [3.8, 4) is 0 Å². The summed E-state index contributed by atoms with van der Waals surface area (Å²) in [6.45, 7) is 7.10. The van der Waals surface area contributed by atoms with E-state index >= 15 is 0 Å². The van der Waals surface area contributed by atoms with Crippen molar-refractivity contribution in [1.82, 2.24) is 9.88 Å². The third-order valence-electron chi connectivity index (χ3n) is 7.22. The van der Waals surface area contributed by atoms with Gasteiger partial charge in [0, 0.05) is 25.0 Å². The number of amides is 2. The highest BCUT2D eigenvalue weighted by molar-refractivity contribution is 5.84. The standard InChI is InChI=1S/C23H34N4O5/c1-14(2)32-21(29)25-17-9-15(3)20(24-12-17)26-8-4-5-16(13-26)23-7-6-18(10-19(28)11-23)27(23)22(30)31/h9,12,14,16,18-19,28H,4-8,10-11,13H2,1-3H3,(H,25,29)(H,30,31). The van der Waals surface area contributed by atoms with Crippen LogP contribution in [0.25, 0.3) is 0 Å². The second kappa shape index (κ2) is 8.77. The smallest absolute Gasteiger partial charge is 0.411 e. The molecule has 3 saturated heterocycles. The molecule has 1 aromatic rings. The number of carbonyl (C=O) groups is 2. The molecule has 3 fully saturated rings. The van der Waals surface area contributed by atoms with Gasteiger partial charge in [-0.15, -0.1) is 0 Å². The second-order valence-corrected chi connectivity index (χ2v) is 9.77. The van der Waals surface area contributed by atoms with Crippen LogP contribution < -0.4 is 10.2 Å². The molecule has 1 aromatic heterocycles. The van der Waals surface area contributed by atoms with Crippen LogP contribution in [0.5, 0.6) is 0 Å². The lowest BCUT2D eigenvalue weighted by Crippen LogP contribution is -2.62. The molecule has 0 radical (unpaired) electrons. The fourth-order valence-electron chi connectivity index (χ4n) is 6.11. The zero-order chi connectivity index (χ0) is 23.0. The number of hydrogen-bond donors (Lipinski definition) is 3. The SMILES string of the molecule is Cc1cc(NC(=O)OC(C)C)cnc1N1CCCC(C23CCC(CC(O)C2)N3C(=O)O)C1. The van der Waals surface area contributed by atoms with Crippen LogP contribution in [0.2, 0.25) is 0 Å². The summed E-state index contributed by atoms with van der Waals surface area (Å²) < 4.78 is 5.13. The monoisotopic (exact) mass is 446 g/mol. The number of hydrogen-bond acceptors (Lipinski definition) is 6. The van der Waals surface area contributed by atoms with Crippen molar-refractivity contribution in [3.63, 3.8) is 0 Å². The van der Waals surface area contributed by atoms with Gasteiger partial charge in [0.15, 0.2) is 0 Å². The van der Waals surface area contributed by atoms with Gasteiger partial charge in [0.2, 0.25) is 0 Å². The number of piperidine rings is 2. The Morgan fingerprint density at radius 2 is 2.12 bits per heavy atom. The number of ether oxygens (including phenoxy) is 1. The molecule has 0 aromatic carbocycles. The van der Waals surface area contributed by atoms with Gasteiger partial charge >= 0.3 is 12.2 Å². The fourth-order valence-corrected chi connectivity index (χ4v) is 6.11. The van der Waals surface area contributed by atoms with E-state index in [1.54, 1.807) is 24.9 Å². The number of carboxylic acid groups (broad SMARTS) is 1. The summed E-state index contributed by atoms with van der Waals surface area (Å²) in [6.07, 6.45) is 4.20. The molecule has 0 aliphatic carbocycles. The van der Waals surface area contributed by atoms with Crippen molar-refractivity contribution in [3.05, 3.63) is 17.8 Å². The van der Waals surface area contributed by atoms with Gasteiger partial charge in [-0.25, -0.2) is 14.6 Å². The Morgan fingerprint density at radius 3 is 2.81 bits per heavy atom. The highest BCUT2D eigenvalue weighted by Crippen LogP contribution is 2.50. The van der Waals surface area contributed by atoms with Crippen LogP contribution in [0.3, 0.4) is 0 Å². The normalized spacial score (nSPS) is 29.8. The molecule has 2 bridgehead atoms. The van der Waals surface area contributed by atoms with E-state index in [2.05, 4.69) is 15.2 Å². The first kappa shape index (κ1) is 22.6. The van der Waals surface area contributed by atoms with Gasteiger partial charge in [0.05, 0.1) is 29.6 Å². The quantitative estimate of drug-likeness (QED) is 0.647. The van der Waals surface area contributed by atoms with E-state index in [0.717, 1.165) is 43.6 Å². The molecular formula is C23H34N4O5. The fraction of sp³-hybridized carbons (Fsp3) is 0.696. The number of pyridine rings is 1. The molecular weight excluding hydrogens is 412 g/mol. The Labute approximate surface area is 188 Å². The predicted molar refractivity (Wildman–Crippen MR) is 120 cm³/mol. The zero-order valence-corrected chi connectivity index (χ0v) is 19.1. The summed E-state index contributed by atoms with van der Waals surface area (Å²) in [7, 11) is 0. The number of fused-ring (bicyclic) bond motifs is 2. The van der Waals surface area contributed by atoms with Gasteiger partial charge in [-0.05, 0) is 70.9 Å². The summed E-state index contributed by atoms with van der Waals surface area (Å²) in [4.78, 5) is 32.5. The summed E-state index contributed by atoms with van der Waals surface area (Å²) >= 11 is 0. The molecule has 32 heavy (non-hydrogen) atoms. The number of nitrogens with zero attached hydrogens (tertiary/aromatic N) is 3. The number of aryl methyl sites for hydroxylation is 1. The third-order valence-corrected chi connectivity index (χ3v) is 7.22. The van der Waals surface area contributed by atoms with Crippen LogP contribution in [0.15, 0.2) is 12.3 Å². The van der Waals surface area contributed by atoms with Gasteiger partial charge in [-0.2, -0.15) is 0 Å². The molecule has 9 heteroatoms. The predicted octanol–water partition coefficient (Wildman–Crippen LogP) is 3.60. The van der Waals surface area contributed by atoms with E-state index in [0.29, 0.717) is 25.1 Å². The Balaban J connectivity index is 1.52. The van der Waals surface area contributed by atoms with E-state index in [4.69, 9.17) is 4.74 Å². The van der Waals surface area contributed by atoms with Crippen LogP contribution >= 0.6 is 0 Å². The molecule has 4 heterocycles. The first-order valence-electron chi connectivity index (χ1n) is 11.6. The number of aliphatic hydroxyl groups is 1. The first-order valence-corrected chi connectivity index (χ1v) is 11.6. The van der Waals surface area contributed by atoms with Gasteiger partial charge < -0.3 is 19.8 Å². The van der Waals surface area contributed by atoms with Crippen LogP contribution in [0.4, 0.5) is 21.1 Å². The highest BCUT2D eigenvalue weighted by atomic mass is 16.6. The van der Waals surface area contributed by atoms with Crippen LogP contribution in [-0.4, -0.2) is 69.2 Å². The Bertz CT molecular complexity index is 878. The molecule has 0 spiro atoms. The van der Waals surface area contributed by atoms with E-state index in [-0.39, 0.29) is 18.1 Å². The lowest BCUT2D eigenvalue weighted by atomic mass is 9.72. The molecule has 2 amide bonds. The van der Waals surface area contributed by atoms with Crippen molar-refractivity contribution in [2.45, 2.75) is 83.1 Å². The minimum absolute atomic E-state index is 0.0811. The summed E-state index contributed by atoms with van der Waals surface area (Å²) in [5.74, 6) is 0.994. The lowest BCUT2D eigenvalue weighted by Gasteiger charge is -2.52. The first-order chi connectivity index (χ1) is 15.2. The average molecular weight is 447 g/mol. The molecule has 176 valence electrons. The zero-order valence-electron chi connectivity index (χ0n) is 19.1. The second-order valence-electron chi connectivity index (χ2n) is 9.77. The highest BCUT2D eigenvalue weighted by Gasteiger charge is 2.57. The van der Waals surface area contributed by atoms with Crippen LogP contribution in [0, 0.1) is 12.8 Å². The van der Waals surface area contributed by atoms with Crippen molar-refractivity contribution in [2.24, 2.45) is 5.92 Å². The Hall–Kier alpha value is -2.55. The molecule has 4 atom stereocenters. The summed E-state index contributed by atoms with van der Waals surface area (Å²) in [5, 5.41) is 23.1. The number of nitrogens with one attached hydrogen (secondary N) is 1. The Kier molecular flexibility index (Phi) is 6.20. The van der Waals surface area contributed by atoms with Gasteiger partial charge in [0.25, 0.3) is 0 Å². The van der Waals surface area contributed by atoms with Gasteiger partial charge in [-0.3, -0.25) is 10.2 Å². The maximum Gasteiger partial charge on any atom is 0.411 e. The van der Waals surface area contributed by atoms with Gasteiger partial charge in [0.1, 0.15) is 5.82 Å². The topological polar surface area (TPSA) is 115 Å². The number of rotatable bonds is 4. The average Bonchev–Trinajstić information content (AvgIpc) is 2.97. The van der Waals surface area contributed by atoms with Crippen LogP contribution in [0.1, 0.15) is 57.9 Å². The van der Waals surface area contributed by atoms with Gasteiger partial charge in [-0.1, -0.05) is 0 Å². The van der Waals surface area contributed by atoms with E-state index < -0.39 is 23.8 Å². The van der Waals surface area contributed by atoms with Crippen molar-refractivity contribution >= 4 is 23.7 Å². The van der Waals surface area contributed by atoms with E-state index in [1.165, 1.54) is 0 Å². The molecule has 3 aliphatic rings. The largest absolute Gasteiger partial charge is 0.465 e. The number of carbonyl (C=O) groups excluding carboxylic acids is 1. The molecule has 3 N–H and O–H groups in total. The minimum Gasteiger partial charge on any atom is -0.465 e. The van der Waals surface area contributed by atoms with Crippen molar-refractivity contribution < 1.29 is 24.5 Å². The molecule has 4 rings (SSSR count). The summed E-state index contributed by atoms with van der Waals surface area (Å²) in [5.41, 5.74) is 1.02. The summed E-state index contributed by atoms with van der Waals surface area (Å²) in [6, 6.07) is 1.80. The maximum absolute atomic E-state index is 12.1. The maximum atomic E-state index is 12.1. The van der Waals surface area contributed by atoms with E-state index in [1.807, 2.05) is 13.0 Å². The molecule has 3 aliphatic heterocycles. The van der Waals surface area contributed by atoms with Crippen molar-refractivity contribution in [1.29, 1.82) is 0 Å². The number of anilines is 2. The minimum atomic E-state index is -0.866. The Morgan fingerprint density at radius 1 is 1.34 bits per heavy atom. The number of aliphatic hydroxyl groups excluding tert-OH is 1. The third kappa shape index (κ3) is 4.22. The van der Waals surface area contributed by atoms with Crippen LogP contribution in [-0.2, 0) is 4.74 Å². The molecule has 4 unspecified atom stereocenters. The van der Waals surface area contributed by atoms with E-state index in [9.17, 15) is 19.8 Å². The van der Waals surface area contributed by atoms with Crippen molar-refractivity contribution in [2.75, 3.05) is 23.3 Å². The molecule has 9 nitrogen and oxygen atoms in total. The lowest BCUT2D eigenvalue weighted by molar-refractivity contribution is -0.0390.